The molecule has 1 aliphatic rings. The summed E-state index contributed by atoms with van der Waals surface area (Å²) in [6.07, 6.45) is 0.569. The number of carbonyl (C=O) groups excluding carboxylic acids is 2. The van der Waals surface area contributed by atoms with Crippen LogP contribution in [0.25, 0.3) is 0 Å². The van der Waals surface area contributed by atoms with Crippen LogP contribution in [0.15, 0.2) is 59.7 Å². The number of hydrogen-bond donors (Lipinski definition) is 1. The Hall–Kier alpha value is -3.39. The minimum atomic E-state index is -0.303. The van der Waals surface area contributed by atoms with Gasteiger partial charge < -0.3 is 19.7 Å². The zero-order chi connectivity index (χ0) is 23.8. The highest BCUT2D eigenvalue weighted by Crippen LogP contribution is 2.33. The van der Waals surface area contributed by atoms with E-state index < -0.39 is 0 Å². The van der Waals surface area contributed by atoms with E-state index in [1.165, 1.54) is 9.91 Å². The lowest BCUT2D eigenvalue weighted by molar-refractivity contribution is -0.133. The lowest BCUT2D eigenvalue weighted by Crippen LogP contribution is -2.48. The van der Waals surface area contributed by atoms with Crippen molar-refractivity contribution in [3.8, 4) is 5.75 Å². The third-order valence-corrected chi connectivity index (χ3v) is 5.34. The number of methoxy groups -OCH3 is 2. The molecule has 0 aromatic heterocycles. The van der Waals surface area contributed by atoms with Crippen LogP contribution in [0.1, 0.15) is 37.4 Å². The Bertz CT molecular complexity index is 977. The number of benzene rings is 2. The van der Waals surface area contributed by atoms with Crippen molar-refractivity contribution in [2.75, 3.05) is 33.9 Å². The number of nitrogens with zero attached hydrogens (tertiary/aromatic N) is 3. The van der Waals surface area contributed by atoms with Crippen molar-refractivity contribution in [1.29, 1.82) is 0 Å². The Morgan fingerprint density at radius 3 is 2.58 bits per heavy atom. The Kier molecular flexibility index (Phi) is 8.43. The molecule has 1 heterocycles. The Morgan fingerprint density at radius 1 is 1.15 bits per heavy atom. The van der Waals surface area contributed by atoms with Crippen molar-refractivity contribution in [2.45, 2.75) is 32.4 Å². The van der Waals surface area contributed by atoms with Gasteiger partial charge in [-0.3, -0.25) is 4.79 Å². The fourth-order valence-corrected chi connectivity index (χ4v) is 3.68. The van der Waals surface area contributed by atoms with E-state index in [0.717, 1.165) is 22.6 Å². The molecule has 3 amide bonds. The van der Waals surface area contributed by atoms with Crippen LogP contribution in [0.3, 0.4) is 0 Å². The first-order valence-electron chi connectivity index (χ1n) is 11.1. The molecule has 0 fully saturated rings. The third-order valence-electron chi connectivity index (χ3n) is 5.34. The number of carbonyl (C=O) groups is 2. The summed E-state index contributed by atoms with van der Waals surface area (Å²) in [6.45, 7) is 4.30. The van der Waals surface area contributed by atoms with Gasteiger partial charge in [0.25, 0.3) is 5.91 Å². The average Bonchev–Trinajstić information content (AvgIpc) is 3.27. The summed E-state index contributed by atoms with van der Waals surface area (Å²) < 4.78 is 10.5. The molecular weight excluding hydrogens is 420 g/mol. The molecule has 1 aliphatic heterocycles. The second kappa shape index (κ2) is 11.5. The van der Waals surface area contributed by atoms with Crippen LogP contribution in [-0.4, -0.2) is 67.5 Å². The van der Waals surface area contributed by atoms with Gasteiger partial charge in [0.2, 0.25) is 0 Å². The summed E-state index contributed by atoms with van der Waals surface area (Å²) in [5, 5.41) is 9.06. The van der Waals surface area contributed by atoms with E-state index in [9.17, 15) is 9.59 Å². The summed E-state index contributed by atoms with van der Waals surface area (Å²) in [4.78, 5) is 27.5. The molecule has 0 unspecified atom stereocenters. The van der Waals surface area contributed by atoms with Gasteiger partial charge in [0.05, 0.1) is 25.5 Å². The minimum Gasteiger partial charge on any atom is -0.497 e. The fourth-order valence-electron chi connectivity index (χ4n) is 3.68. The Labute approximate surface area is 195 Å². The van der Waals surface area contributed by atoms with Crippen LogP contribution in [0, 0.1) is 0 Å². The summed E-state index contributed by atoms with van der Waals surface area (Å²) in [6, 6.07) is 16.9. The fraction of sp³-hybridized carbons (Fsp3) is 0.400. The molecule has 2 aromatic carbocycles. The van der Waals surface area contributed by atoms with E-state index in [0.29, 0.717) is 19.6 Å². The molecule has 0 bridgehead atoms. The second-order valence-corrected chi connectivity index (χ2v) is 8.17. The predicted molar refractivity (Wildman–Crippen MR) is 127 cm³/mol. The maximum absolute atomic E-state index is 13.4. The summed E-state index contributed by atoms with van der Waals surface area (Å²) >= 11 is 0. The highest BCUT2D eigenvalue weighted by Gasteiger charge is 2.34. The van der Waals surface area contributed by atoms with E-state index in [4.69, 9.17) is 14.6 Å². The number of ether oxygens (including phenoxy) is 2. The maximum atomic E-state index is 13.4. The van der Waals surface area contributed by atoms with E-state index in [1.807, 2.05) is 68.4 Å². The molecule has 0 radical (unpaired) electrons. The van der Waals surface area contributed by atoms with E-state index in [1.54, 1.807) is 14.2 Å². The van der Waals surface area contributed by atoms with Crippen molar-refractivity contribution < 1.29 is 19.1 Å². The highest BCUT2D eigenvalue weighted by atomic mass is 16.5. The standard InChI is InChI=1S/C25H32N4O4/c1-18(2)26-25(31)28(13-14-32-3)17-24(30)29-23(19-9-6-5-7-10-19)16-22(27-29)20-11-8-12-21(15-20)33-4/h5-12,15,18,23H,13-14,16-17H2,1-4H3,(H,26,31)/t23-/m0/s1. The monoisotopic (exact) mass is 452 g/mol. The molecule has 33 heavy (non-hydrogen) atoms. The van der Waals surface area contributed by atoms with Crippen molar-refractivity contribution in [3.63, 3.8) is 0 Å². The summed E-state index contributed by atoms with van der Waals surface area (Å²) in [7, 11) is 3.19. The SMILES string of the molecule is COCCN(CC(=O)N1N=C(c2cccc(OC)c2)C[C@H]1c1ccccc1)C(=O)NC(C)C. The van der Waals surface area contributed by atoms with E-state index in [2.05, 4.69) is 5.32 Å². The molecule has 1 N–H and O–H groups in total. The van der Waals surface area contributed by atoms with Crippen LogP contribution in [0.4, 0.5) is 4.79 Å². The normalized spacial score (nSPS) is 15.4. The van der Waals surface area contributed by atoms with Gasteiger partial charge in [0.15, 0.2) is 0 Å². The largest absolute Gasteiger partial charge is 0.497 e. The molecule has 1 atom stereocenters. The smallest absolute Gasteiger partial charge is 0.318 e. The van der Waals surface area contributed by atoms with Gasteiger partial charge in [0.1, 0.15) is 12.3 Å². The number of hydrogen-bond acceptors (Lipinski definition) is 5. The molecule has 176 valence electrons. The van der Waals surface area contributed by atoms with E-state index in [-0.39, 0.29) is 30.6 Å². The number of urea groups is 1. The lowest BCUT2D eigenvalue weighted by atomic mass is 9.98. The number of amides is 3. The quantitative estimate of drug-likeness (QED) is 0.632. The van der Waals surface area contributed by atoms with Gasteiger partial charge in [-0.25, -0.2) is 9.80 Å². The summed E-state index contributed by atoms with van der Waals surface area (Å²) in [5.74, 6) is 0.476. The van der Waals surface area contributed by atoms with Crippen molar-refractivity contribution >= 4 is 17.6 Å². The van der Waals surface area contributed by atoms with Crippen LogP contribution < -0.4 is 10.1 Å². The van der Waals surface area contributed by atoms with Crippen LogP contribution >= 0.6 is 0 Å². The van der Waals surface area contributed by atoms with Crippen LogP contribution in [-0.2, 0) is 9.53 Å². The molecule has 0 spiro atoms. The van der Waals surface area contributed by atoms with Gasteiger partial charge in [-0.15, -0.1) is 0 Å². The van der Waals surface area contributed by atoms with Crippen LogP contribution in [0.2, 0.25) is 0 Å². The van der Waals surface area contributed by atoms with Crippen molar-refractivity contribution in [2.24, 2.45) is 5.10 Å². The molecule has 0 aliphatic carbocycles. The Morgan fingerprint density at radius 2 is 1.91 bits per heavy atom. The number of rotatable bonds is 9. The second-order valence-electron chi connectivity index (χ2n) is 8.17. The lowest BCUT2D eigenvalue weighted by Gasteiger charge is -2.27. The van der Waals surface area contributed by atoms with E-state index >= 15 is 0 Å². The molecule has 0 saturated heterocycles. The van der Waals surface area contributed by atoms with Gasteiger partial charge in [-0.1, -0.05) is 42.5 Å². The first kappa shape index (κ1) is 24.3. The van der Waals surface area contributed by atoms with Gasteiger partial charge >= 0.3 is 6.03 Å². The Balaban J connectivity index is 1.88. The summed E-state index contributed by atoms with van der Waals surface area (Å²) in [5.41, 5.74) is 2.69. The maximum Gasteiger partial charge on any atom is 0.318 e. The van der Waals surface area contributed by atoms with Gasteiger partial charge in [-0.05, 0) is 31.5 Å². The molecular formula is C25H32N4O4. The molecule has 8 heteroatoms. The van der Waals surface area contributed by atoms with Crippen molar-refractivity contribution in [1.82, 2.24) is 15.2 Å². The van der Waals surface area contributed by atoms with Gasteiger partial charge in [-0.2, -0.15) is 5.10 Å². The van der Waals surface area contributed by atoms with Crippen LogP contribution in [0.5, 0.6) is 5.75 Å². The minimum absolute atomic E-state index is 0.0424. The number of nitrogens with one attached hydrogen (secondary N) is 1. The predicted octanol–water partition coefficient (Wildman–Crippen LogP) is 3.44. The first-order chi connectivity index (χ1) is 15.9. The van der Waals surface area contributed by atoms with Crippen molar-refractivity contribution in [3.05, 3.63) is 65.7 Å². The average molecular weight is 453 g/mol. The third kappa shape index (κ3) is 6.32. The zero-order valence-corrected chi connectivity index (χ0v) is 19.7. The molecule has 8 nitrogen and oxygen atoms in total. The molecule has 2 aromatic rings. The molecule has 3 rings (SSSR count). The zero-order valence-electron chi connectivity index (χ0n) is 19.7. The molecule has 0 saturated carbocycles. The number of hydrazone groups is 1. The first-order valence-corrected chi connectivity index (χ1v) is 11.1. The highest BCUT2D eigenvalue weighted by molar-refractivity contribution is 6.03. The van der Waals surface area contributed by atoms with Gasteiger partial charge in [0, 0.05) is 31.7 Å². The topological polar surface area (TPSA) is 83.5 Å².